The van der Waals surface area contributed by atoms with Gasteiger partial charge in [0.05, 0.1) is 23.4 Å². The highest BCUT2D eigenvalue weighted by Gasteiger charge is 2.51. The van der Waals surface area contributed by atoms with Crippen molar-refractivity contribution in [2.24, 2.45) is 11.3 Å². The van der Waals surface area contributed by atoms with Crippen molar-refractivity contribution >= 4 is 33.7 Å². The van der Waals surface area contributed by atoms with Crippen LogP contribution in [0.5, 0.6) is 0 Å². The number of alkyl halides is 3. The van der Waals surface area contributed by atoms with E-state index in [-0.39, 0.29) is 23.0 Å². The number of hydrogen-bond acceptors (Lipinski definition) is 7. The number of benzene rings is 2. The molecular formula is C39H54F3N5O6S. The van der Waals surface area contributed by atoms with Gasteiger partial charge in [-0.15, -0.1) is 0 Å². The number of rotatable bonds is 15. The van der Waals surface area contributed by atoms with Crippen molar-refractivity contribution in [3.8, 4) is 0 Å². The maximum Gasteiger partial charge on any atom is 0.471 e. The Bertz CT molecular complexity index is 1820. The van der Waals surface area contributed by atoms with Crippen LogP contribution >= 0.6 is 0 Å². The summed E-state index contributed by atoms with van der Waals surface area (Å²) in [6.45, 7) is 14.5. The van der Waals surface area contributed by atoms with E-state index in [1.807, 2.05) is 84.1 Å². The summed E-state index contributed by atoms with van der Waals surface area (Å²) >= 11 is 0. The normalized spacial score (nSPS) is 16.5. The van der Waals surface area contributed by atoms with E-state index in [9.17, 15) is 40.8 Å². The largest absolute Gasteiger partial charge is 0.471 e. The second-order valence-corrected chi connectivity index (χ2v) is 17.8. The zero-order valence-electron chi connectivity index (χ0n) is 32.6. The Balaban J connectivity index is 1.74. The van der Waals surface area contributed by atoms with Crippen molar-refractivity contribution < 1.29 is 40.8 Å². The van der Waals surface area contributed by atoms with Gasteiger partial charge in [0.15, 0.2) is 0 Å². The van der Waals surface area contributed by atoms with Gasteiger partial charge in [-0.1, -0.05) is 109 Å². The molecule has 3 unspecified atom stereocenters. The number of carbonyl (C=O) groups is 4. The summed E-state index contributed by atoms with van der Waals surface area (Å²) in [7, 11) is -0.962. The SMILES string of the molecule is CNC(C(=O)NC(C(=O)N(C)C(/C=C(\C)C(=O)NS(=O)(=O)Cc1ccc(C2(NC(=O)C(F)(F)F)CC2)cc1)C(C)C)C(C)(C)C)C(C)(C)c1ccccc1. The molecule has 11 nitrogen and oxygen atoms in total. The molecule has 1 aliphatic rings. The standard InChI is InChI=1S/C39H54F3N5O6S/c1-24(2)29(47(10)34(50)31(36(4,5)6)44-33(49)30(43-9)37(7,8)27-14-12-11-13-15-27)22-25(3)32(48)46-54(52,53)23-26-16-18-28(19-17-26)38(20-21-38)45-35(51)39(40,41)42/h11-19,22,24,29-31,43H,20-21,23H2,1-10H3,(H,44,49)(H,45,51)(H,46,48)/b25-22+. The average Bonchev–Trinajstić information content (AvgIpc) is 3.85. The van der Waals surface area contributed by atoms with E-state index in [1.165, 1.54) is 42.2 Å². The molecule has 4 N–H and O–H groups in total. The quantitative estimate of drug-likeness (QED) is 0.189. The second-order valence-electron chi connectivity index (χ2n) is 16.1. The van der Waals surface area contributed by atoms with Crippen molar-refractivity contribution in [1.82, 2.24) is 25.6 Å². The number of halogens is 3. The number of nitrogens with one attached hydrogen (secondary N) is 4. The molecule has 0 bridgehead atoms. The molecule has 0 heterocycles. The highest BCUT2D eigenvalue weighted by molar-refractivity contribution is 7.89. The minimum absolute atomic E-state index is 0.0413. The minimum Gasteiger partial charge on any atom is -0.342 e. The summed E-state index contributed by atoms with van der Waals surface area (Å²) < 4.78 is 66.5. The van der Waals surface area contributed by atoms with Crippen molar-refractivity contribution in [3.63, 3.8) is 0 Å². The highest BCUT2D eigenvalue weighted by atomic mass is 32.2. The van der Waals surface area contributed by atoms with Gasteiger partial charge in [0, 0.05) is 18.0 Å². The number of nitrogens with zero attached hydrogens (tertiary/aromatic N) is 1. The number of sulfonamides is 1. The van der Waals surface area contributed by atoms with E-state index in [2.05, 4.69) is 15.4 Å². The lowest BCUT2D eigenvalue weighted by Gasteiger charge is -2.40. The molecule has 1 saturated carbocycles. The van der Waals surface area contributed by atoms with Crippen LogP contribution in [0.25, 0.3) is 0 Å². The van der Waals surface area contributed by atoms with Crippen LogP contribution in [0.3, 0.4) is 0 Å². The van der Waals surface area contributed by atoms with Crippen molar-refractivity contribution in [2.75, 3.05) is 14.1 Å². The van der Waals surface area contributed by atoms with E-state index < -0.39 is 74.2 Å². The molecule has 0 aromatic heterocycles. The molecule has 0 aliphatic heterocycles. The molecule has 3 atom stereocenters. The number of amides is 4. The average molecular weight is 778 g/mol. The van der Waals surface area contributed by atoms with Crippen LogP contribution in [0.15, 0.2) is 66.2 Å². The molecular weight excluding hydrogens is 724 g/mol. The van der Waals surface area contributed by atoms with Crippen molar-refractivity contribution in [2.45, 2.75) is 109 Å². The first-order chi connectivity index (χ1) is 24.8. The summed E-state index contributed by atoms with van der Waals surface area (Å²) in [6.07, 6.45) is -2.90. The lowest BCUT2D eigenvalue weighted by molar-refractivity contribution is -0.174. The summed E-state index contributed by atoms with van der Waals surface area (Å²) in [5, 5.41) is 8.11. The Hall–Kier alpha value is -4.24. The van der Waals surface area contributed by atoms with Gasteiger partial charge in [-0.2, -0.15) is 13.2 Å². The zero-order chi connectivity index (χ0) is 41.0. The summed E-state index contributed by atoms with van der Waals surface area (Å²) in [5.74, 6) is -4.51. The van der Waals surface area contributed by atoms with E-state index in [0.717, 1.165) is 5.56 Å². The van der Waals surface area contributed by atoms with Gasteiger partial charge in [0.25, 0.3) is 5.91 Å². The Labute approximate surface area is 317 Å². The first-order valence-electron chi connectivity index (χ1n) is 17.8. The van der Waals surface area contributed by atoms with E-state index in [4.69, 9.17) is 0 Å². The smallest absolute Gasteiger partial charge is 0.342 e. The van der Waals surface area contributed by atoms with Crippen LogP contribution in [0.2, 0.25) is 0 Å². The molecule has 0 radical (unpaired) electrons. The lowest BCUT2D eigenvalue weighted by Crippen LogP contribution is -2.61. The van der Waals surface area contributed by atoms with Crippen molar-refractivity contribution in [1.29, 1.82) is 0 Å². The topological polar surface area (TPSA) is 154 Å². The molecule has 54 heavy (non-hydrogen) atoms. The summed E-state index contributed by atoms with van der Waals surface area (Å²) in [5.41, 5.74) is -0.840. The molecule has 2 aromatic rings. The number of hydrogen-bond donors (Lipinski definition) is 4. The van der Waals surface area contributed by atoms with Gasteiger partial charge in [-0.25, -0.2) is 13.1 Å². The maximum atomic E-state index is 14.2. The third kappa shape index (κ3) is 10.9. The molecule has 4 amide bonds. The molecule has 0 spiro atoms. The van der Waals surface area contributed by atoms with Gasteiger partial charge in [-0.3, -0.25) is 19.2 Å². The Kier molecular flexibility index (Phi) is 13.6. The van der Waals surface area contributed by atoms with Gasteiger partial charge >= 0.3 is 12.1 Å². The van der Waals surface area contributed by atoms with E-state index in [1.54, 1.807) is 14.1 Å². The second kappa shape index (κ2) is 16.6. The minimum atomic E-state index is -5.03. The summed E-state index contributed by atoms with van der Waals surface area (Å²) in [4.78, 5) is 54.1. The third-order valence-corrected chi connectivity index (χ3v) is 11.1. The van der Waals surface area contributed by atoms with Crippen LogP contribution in [-0.2, 0) is 45.9 Å². The van der Waals surface area contributed by atoms with Gasteiger partial charge in [0.1, 0.15) is 6.04 Å². The molecule has 2 aromatic carbocycles. The van der Waals surface area contributed by atoms with Crippen LogP contribution in [0, 0.1) is 11.3 Å². The van der Waals surface area contributed by atoms with Crippen molar-refractivity contribution in [3.05, 3.63) is 82.9 Å². The molecule has 1 fully saturated rings. The molecule has 298 valence electrons. The predicted octanol–water partition coefficient (Wildman–Crippen LogP) is 4.83. The molecule has 3 rings (SSSR count). The summed E-state index contributed by atoms with van der Waals surface area (Å²) in [6, 6.07) is 13.0. The van der Waals surface area contributed by atoms with E-state index in [0.29, 0.717) is 18.4 Å². The molecule has 15 heteroatoms. The molecule has 0 saturated heterocycles. The first kappa shape index (κ1) is 44.2. The number of likely N-dealkylation sites (N-methyl/N-ethyl adjacent to an activating group) is 2. The Morgan fingerprint density at radius 3 is 1.93 bits per heavy atom. The monoisotopic (exact) mass is 777 g/mol. The Morgan fingerprint density at radius 2 is 1.46 bits per heavy atom. The van der Waals surface area contributed by atoms with Gasteiger partial charge in [-0.05, 0) is 54.8 Å². The zero-order valence-corrected chi connectivity index (χ0v) is 33.5. The predicted molar refractivity (Wildman–Crippen MR) is 201 cm³/mol. The van der Waals surface area contributed by atoms with Crippen LogP contribution < -0.4 is 20.7 Å². The highest BCUT2D eigenvalue weighted by Crippen LogP contribution is 2.46. The van der Waals surface area contributed by atoms with Gasteiger partial charge in [0.2, 0.25) is 21.8 Å². The number of carbonyl (C=O) groups excluding carboxylic acids is 4. The van der Waals surface area contributed by atoms with Crippen LogP contribution in [-0.4, -0.2) is 75.3 Å². The van der Waals surface area contributed by atoms with Crippen LogP contribution in [0.1, 0.15) is 84.9 Å². The fourth-order valence-electron chi connectivity index (χ4n) is 6.46. The first-order valence-corrected chi connectivity index (χ1v) is 19.4. The fourth-order valence-corrected chi connectivity index (χ4v) is 7.61. The molecule has 1 aliphatic carbocycles. The van der Waals surface area contributed by atoms with E-state index >= 15 is 0 Å². The Morgan fingerprint density at radius 1 is 0.907 bits per heavy atom. The van der Waals surface area contributed by atoms with Gasteiger partial charge < -0.3 is 20.9 Å². The lowest BCUT2D eigenvalue weighted by atomic mass is 9.76. The third-order valence-electron chi connectivity index (χ3n) is 9.92. The fraction of sp³-hybridized carbons (Fsp3) is 0.538. The van der Waals surface area contributed by atoms with Crippen LogP contribution in [0.4, 0.5) is 13.2 Å². The maximum absolute atomic E-state index is 14.2.